The Labute approximate surface area is 254 Å². The third kappa shape index (κ3) is 7.79. The number of nitro benzene ring substituents is 1. The first kappa shape index (κ1) is 33.3. The van der Waals surface area contributed by atoms with E-state index in [0.29, 0.717) is 17.3 Å². The van der Waals surface area contributed by atoms with Crippen molar-refractivity contribution in [1.82, 2.24) is 10.2 Å². The Morgan fingerprint density at radius 1 is 1.14 bits per heavy atom. The van der Waals surface area contributed by atoms with E-state index in [1.54, 1.807) is 6.07 Å². The van der Waals surface area contributed by atoms with Crippen molar-refractivity contribution in [3.05, 3.63) is 92.7 Å². The van der Waals surface area contributed by atoms with E-state index in [1.807, 2.05) is 6.92 Å². The molecule has 3 aromatic carbocycles. The fourth-order valence-electron chi connectivity index (χ4n) is 4.23. The number of nitro groups is 1. The molecule has 1 atom stereocenters. The highest BCUT2D eigenvalue weighted by Crippen LogP contribution is 2.36. The van der Waals surface area contributed by atoms with Crippen molar-refractivity contribution in [2.45, 2.75) is 44.7 Å². The van der Waals surface area contributed by atoms with Crippen LogP contribution in [0.5, 0.6) is 5.75 Å². The smallest absolute Gasteiger partial charge is 0.273 e. The van der Waals surface area contributed by atoms with Crippen LogP contribution in [0.3, 0.4) is 0 Å². The number of carbonyl (C=O) groups excluding carboxylic acids is 2. The molecule has 2 amide bonds. The van der Waals surface area contributed by atoms with Gasteiger partial charge in [-0.1, -0.05) is 42.8 Å². The van der Waals surface area contributed by atoms with E-state index in [1.165, 1.54) is 69.5 Å². The maximum absolute atomic E-state index is 14.7. The standard InChI is InChI=1S/C29H32ClFN4O7S/c1-5-14-32-29(37)20(3)33(17-21-8-6-7-9-24(21)31)28(36)18-34(26-15-22(30)11-13-27(26)42-4)43(40,41)23-12-10-19(2)25(16-23)35(38)39/h6-13,15-16,20H,5,14,17-18H2,1-4H3,(H,32,37). The number of amides is 2. The number of nitrogens with zero attached hydrogens (tertiary/aromatic N) is 3. The minimum Gasteiger partial charge on any atom is -0.495 e. The summed E-state index contributed by atoms with van der Waals surface area (Å²) in [5.74, 6) is -1.95. The highest BCUT2D eigenvalue weighted by molar-refractivity contribution is 7.92. The number of ether oxygens (including phenoxy) is 1. The molecule has 1 N–H and O–H groups in total. The number of benzene rings is 3. The number of rotatable bonds is 13. The molecule has 0 saturated carbocycles. The molecule has 0 radical (unpaired) electrons. The van der Waals surface area contributed by atoms with Crippen molar-refractivity contribution in [2.75, 3.05) is 24.5 Å². The van der Waals surface area contributed by atoms with Crippen LogP contribution < -0.4 is 14.4 Å². The minimum absolute atomic E-state index is 0.0387. The summed E-state index contributed by atoms with van der Waals surface area (Å²) in [6, 6.07) is 12.1. The van der Waals surface area contributed by atoms with Crippen LogP contribution in [0.4, 0.5) is 15.8 Å². The zero-order valence-electron chi connectivity index (χ0n) is 24.0. The van der Waals surface area contributed by atoms with Gasteiger partial charge in [-0.05, 0) is 50.6 Å². The molecule has 0 aliphatic heterocycles. The zero-order chi connectivity index (χ0) is 31.9. The van der Waals surface area contributed by atoms with Gasteiger partial charge in [-0.2, -0.15) is 0 Å². The normalized spacial score (nSPS) is 11.9. The highest BCUT2D eigenvalue weighted by Gasteiger charge is 2.35. The van der Waals surface area contributed by atoms with Gasteiger partial charge in [0.2, 0.25) is 11.8 Å². The van der Waals surface area contributed by atoms with Crippen LogP contribution in [0.25, 0.3) is 0 Å². The third-order valence-electron chi connectivity index (χ3n) is 6.67. The summed E-state index contributed by atoms with van der Waals surface area (Å²) in [6.07, 6.45) is 0.628. The number of sulfonamides is 1. The molecule has 0 aromatic heterocycles. The molecular weight excluding hydrogens is 603 g/mol. The van der Waals surface area contributed by atoms with E-state index in [-0.39, 0.29) is 34.1 Å². The predicted octanol–water partition coefficient (Wildman–Crippen LogP) is 4.84. The lowest BCUT2D eigenvalue weighted by Crippen LogP contribution is -2.51. The Hall–Kier alpha value is -4.23. The second kappa shape index (κ2) is 14.3. The van der Waals surface area contributed by atoms with Gasteiger partial charge in [-0.15, -0.1) is 0 Å². The minimum atomic E-state index is -4.68. The van der Waals surface area contributed by atoms with Crippen molar-refractivity contribution in [2.24, 2.45) is 0 Å². The van der Waals surface area contributed by atoms with Crippen molar-refractivity contribution < 1.29 is 32.1 Å². The van der Waals surface area contributed by atoms with E-state index in [4.69, 9.17) is 16.3 Å². The fourth-order valence-corrected chi connectivity index (χ4v) is 5.84. The first-order valence-electron chi connectivity index (χ1n) is 13.2. The van der Waals surface area contributed by atoms with Crippen molar-refractivity contribution in [3.8, 4) is 5.75 Å². The Morgan fingerprint density at radius 3 is 2.47 bits per heavy atom. The van der Waals surface area contributed by atoms with Gasteiger partial charge in [0.1, 0.15) is 24.2 Å². The lowest BCUT2D eigenvalue weighted by Gasteiger charge is -2.32. The largest absolute Gasteiger partial charge is 0.495 e. The molecule has 11 nitrogen and oxygen atoms in total. The molecule has 0 aliphatic carbocycles. The number of anilines is 1. The van der Waals surface area contributed by atoms with E-state index in [2.05, 4.69) is 5.32 Å². The maximum atomic E-state index is 14.7. The van der Waals surface area contributed by atoms with Gasteiger partial charge >= 0.3 is 0 Å². The van der Waals surface area contributed by atoms with Crippen molar-refractivity contribution in [1.29, 1.82) is 0 Å². The number of aryl methyl sites for hydroxylation is 1. The number of carbonyl (C=O) groups is 2. The summed E-state index contributed by atoms with van der Waals surface area (Å²) in [6.45, 7) is 3.87. The van der Waals surface area contributed by atoms with Crippen molar-refractivity contribution >= 4 is 44.8 Å². The Morgan fingerprint density at radius 2 is 1.84 bits per heavy atom. The summed E-state index contributed by atoms with van der Waals surface area (Å²) in [4.78, 5) is 38.4. The van der Waals surface area contributed by atoms with Crippen LogP contribution in [0.1, 0.15) is 31.4 Å². The number of halogens is 2. The van der Waals surface area contributed by atoms with Crippen LogP contribution in [0, 0.1) is 22.9 Å². The number of hydrogen-bond acceptors (Lipinski definition) is 7. The molecule has 0 heterocycles. The van der Waals surface area contributed by atoms with Gasteiger partial charge in [0.05, 0.1) is 22.6 Å². The molecule has 3 rings (SSSR count). The summed E-state index contributed by atoms with van der Waals surface area (Å²) >= 11 is 6.21. The second-order valence-electron chi connectivity index (χ2n) is 9.61. The summed E-state index contributed by atoms with van der Waals surface area (Å²) in [5, 5.41) is 14.4. The van der Waals surface area contributed by atoms with E-state index in [9.17, 15) is 32.5 Å². The molecule has 0 spiro atoms. The van der Waals surface area contributed by atoms with Gasteiger partial charge < -0.3 is 15.0 Å². The maximum Gasteiger partial charge on any atom is 0.273 e. The summed E-state index contributed by atoms with van der Waals surface area (Å²) in [5.41, 5.74) is -0.224. The highest BCUT2D eigenvalue weighted by atomic mass is 35.5. The first-order chi connectivity index (χ1) is 20.3. The van der Waals surface area contributed by atoms with Crippen LogP contribution in [0.15, 0.2) is 65.6 Å². The van der Waals surface area contributed by atoms with E-state index >= 15 is 0 Å². The molecule has 3 aromatic rings. The quantitative estimate of drug-likeness (QED) is 0.210. The van der Waals surface area contributed by atoms with Crippen molar-refractivity contribution in [3.63, 3.8) is 0 Å². The number of nitrogens with one attached hydrogen (secondary N) is 1. The number of hydrogen-bond donors (Lipinski definition) is 1. The molecule has 0 aliphatic rings. The Kier molecular flexibility index (Phi) is 11.1. The molecule has 43 heavy (non-hydrogen) atoms. The van der Waals surface area contributed by atoms with Crippen LogP contribution in [-0.2, 0) is 26.2 Å². The average molecular weight is 635 g/mol. The molecule has 0 bridgehead atoms. The molecule has 230 valence electrons. The van der Waals surface area contributed by atoms with Crippen LogP contribution in [-0.4, -0.2) is 56.3 Å². The van der Waals surface area contributed by atoms with Gasteiger partial charge in [0.15, 0.2) is 0 Å². The topological polar surface area (TPSA) is 139 Å². The SMILES string of the molecule is CCCNC(=O)C(C)N(Cc1ccccc1F)C(=O)CN(c1cc(Cl)ccc1OC)S(=O)(=O)c1ccc(C)c([N+](=O)[O-])c1. The predicted molar refractivity (Wildman–Crippen MR) is 160 cm³/mol. The zero-order valence-corrected chi connectivity index (χ0v) is 25.6. The molecule has 0 saturated heterocycles. The summed E-state index contributed by atoms with van der Waals surface area (Å²) < 4.78 is 49.0. The van der Waals surface area contributed by atoms with Crippen LogP contribution in [0.2, 0.25) is 5.02 Å². The average Bonchev–Trinajstić information content (AvgIpc) is 2.97. The third-order valence-corrected chi connectivity index (χ3v) is 8.66. The first-order valence-corrected chi connectivity index (χ1v) is 15.1. The van der Waals surface area contributed by atoms with Gasteiger partial charge in [-0.3, -0.25) is 24.0 Å². The monoisotopic (exact) mass is 634 g/mol. The molecular formula is C29H32ClFN4O7S. The number of methoxy groups -OCH3 is 1. The van der Waals surface area contributed by atoms with Gasteiger partial charge in [0, 0.05) is 35.3 Å². The lowest BCUT2D eigenvalue weighted by molar-refractivity contribution is -0.385. The lowest BCUT2D eigenvalue weighted by atomic mass is 10.1. The fraction of sp³-hybridized carbons (Fsp3) is 0.310. The second-order valence-corrected chi connectivity index (χ2v) is 11.9. The van der Waals surface area contributed by atoms with E-state index < -0.39 is 55.7 Å². The van der Waals surface area contributed by atoms with Crippen LogP contribution >= 0.6 is 11.6 Å². The Balaban J connectivity index is 2.16. The van der Waals surface area contributed by atoms with Gasteiger partial charge in [-0.25, -0.2) is 12.8 Å². The molecule has 14 heteroatoms. The molecule has 1 unspecified atom stereocenters. The summed E-state index contributed by atoms with van der Waals surface area (Å²) in [7, 11) is -3.39. The van der Waals surface area contributed by atoms with Gasteiger partial charge in [0.25, 0.3) is 15.7 Å². The molecule has 0 fully saturated rings. The van der Waals surface area contributed by atoms with E-state index in [0.717, 1.165) is 11.0 Å². The Bertz CT molecular complexity index is 1620.